The molecule has 1 saturated carbocycles. The lowest BCUT2D eigenvalue weighted by Crippen LogP contribution is -2.51. The molecule has 0 aromatic heterocycles. The van der Waals surface area contributed by atoms with Gasteiger partial charge in [-0.25, -0.2) is 0 Å². The number of amides is 2. The number of nitrogens with one attached hydrogen (secondary N) is 1. The Morgan fingerprint density at radius 3 is 2.30 bits per heavy atom. The zero-order chi connectivity index (χ0) is 19.0. The number of carbonyl (C=O) groups excluding carboxylic acids is 2. The van der Waals surface area contributed by atoms with Crippen molar-refractivity contribution in [2.75, 3.05) is 39.3 Å². The first-order valence-corrected chi connectivity index (χ1v) is 10.00. The van der Waals surface area contributed by atoms with Gasteiger partial charge in [0, 0.05) is 44.3 Å². The molecule has 2 bridgehead atoms. The van der Waals surface area contributed by atoms with E-state index in [1.807, 2.05) is 35.8 Å². The Labute approximate surface area is 160 Å². The topological polar surface area (TPSA) is 61.9 Å². The molecule has 6 nitrogen and oxygen atoms in total. The summed E-state index contributed by atoms with van der Waals surface area (Å²) in [4.78, 5) is 28.9. The maximum atomic E-state index is 12.7. The van der Waals surface area contributed by atoms with E-state index >= 15 is 0 Å². The van der Waals surface area contributed by atoms with Gasteiger partial charge in [0.1, 0.15) is 6.61 Å². The monoisotopic (exact) mass is 371 g/mol. The minimum Gasteiger partial charge on any atom is -0.368 e. The van der Waals surface area contributed by atoms with E-state index in [4.69, 9.17) is 4.74 Å². The molecule has 2 saturated heterocycles. The third-order valence-electron chi connectivity index (χ3n) is 6.11. The van der Waals surface area contributed by atoms with E-state index in [0.717, 1.165) is 29.7 Å². The van der Waals surface area contributed by atoms with Gasteiger partial charge < -0.3 is 19.9 Å². The smallest absolute Gasteiger partial charge is 0.253 e. The lowest BCUT2D eigenvalue weighted by Gasteiger charge is -2.35. The quantitative estimate of drug-likeness (QED) is 0.868. The SMILES string of the molecule is Cc1cc(C)cc(C(=O)N2CCN(C(=O)COC3CC4C[C@H]3CN4)CC2)c1. The predicted molar refractivity (Wildman–Crippen MR) is 103 cm³/mol. The lowest BCUT2D eigenvalue weighted by atomic mass is 10.1. The number of carbonyl (C=O) groups is 2. The third-order valence-corrected chi connectivity index (χ3v) is 6.11. The number of piperidine rings is 1. The fourth-order valence-corrected chi connectivity index (χ4v) is 4.70. The van der Waals surface area contributed by atoms with Crippen molar-refractivity contribution in [3.8, 4) is 0 Å². The maximum absolute atomic E-state index is 12.7. The zero-order valence-electron chi connectivity index (χ0n) is 16.2. The predicted octanol–water partition coefficient (Wildman–Crippen LogP) is 1.35. The van der Waals surface area contributed by atoms with Gasteiger partial charge in [0.25, 0.3) is 5.91 Å². The molecule has 3 fully saturated rings. The van der Waals surface area contributed by atoms with E-state index in [1.165, 1.54) is 6.42 Å². The van der Waals surface area contributed by atoms with Crippen LogP contribution >= 0.6 is 0 Å². The summed E-state index contributed by atoms with van der Waals surface area (Å²) < 4.78 is 5.91. The molecule has 1 aromatic rings. The van der Waals surface area contributed by atoms with Gasteiger partial charge in [-0.2, -0.15) is 0 Å². The summed E-state index contributed by atoms with van der Waals surface area (Å²) in [5, 5.41) is 3.46. The summed E-state index contributed by atoms with van der Waals surface area (Å²) in [6, 6.07) is 6.52. The van der Waals surface area contributed by atoms with Crippen molar-refractivity contribution < 1.29 is 14.3 Å². The van der Waals surface area contributed by atoms with Crippen molar-refractivity contribution in [3.05, 3.63) is 34.9 Å². The number of rotatable bonds is 4. The van der Waals surface area contributed by atoms with Gasteiger partial charge >= 0.3 is 0 Å². The number of benzene rings is 1. The Morgan fingerprint density at radius 2 is 1.70 bits per heavy atom. The average molecular weight is 371 g/mol. The summed E-state index contributed by atoms with van der Waals surface area (Å²) in [5.41, 5.74) is 2.93. The highest BCUT2D eigenvalue weighted by atomic mass is 16.5. The van der Waals surface area contributed by atoms with Gasteiger partial charge in [-0.1, -0.05) is 17.2 Å². The molecule has 0 radical (unpaired) electrons. The first-order valence-electron chi connectivity index (χ1n) is 10.00. The van der Waals surface area contributed by atoms with Crippen molar-refractivity contribution in [2.45, 2.75) is 38.8 Å². The van der Waals surface area contributed by atoms with Crippen LogP contribution in [-0.2, 0) is 9.53 Å². The van der Waals surface area contributed by atoms with Gasteiger partial charge in [-0.05, 0) is 44.7 Å². The van der Waals surface area contributed by atoms with Crippen molar-refractivity contribution in [3.63, 3.8) is 0 Å². The normalized spacial score (nSPS) is 27.3. The van der Waals surface area contributed by atoms with Gasteiger partial charge in [-0.15, -0.1) is 0 Å². The van der Waals surface area contributed by atoms with Crippen LogP contribution in [0.4, 0.5) is 0 Å². The van der Waals surface area contributed by atoms with E-state index in [2.05, 4.69) is 11.4 Å². The van der Waals surface area contributed by atoms with Crippen LogP contribution in [0.5, 0.6) is 0 Å². The number of aryl methyl sites for hydroxylation is 2. The summed E-state index contributed by atoms with van der Waals surface area (Å²) >= 11 is 0. The molecule has 1 N–H and O–H groups in total. The summed E-state index contributed by atoms with van der Waals surface area (Å²) in [5.74, 6) is 0.666. The molecule has 2 aliphatic heterocycles. The molecule has 146 valence electrons. The van der Waals surface area contributed by atoms with Crippen LogP contribution in [0, 0.1) is 19.8 Å². The molecule has 1 aliphatic carbocycles. The second kappa shape index (κ2) is 7.60. The third kappa shape index (κ3) is 4.01. The molecule has 27 heavy (non-hydrogen) atoms. The van der Waals surface area contributed by atoms with Crippen molar-refractivity contribution in [1.82, 2.24) is 15.1 Å². The Hall–Kier alpha value is -1.92. The van der Waals surface area contributed by atoms with Crippen molar-refractivity contribution in [2.24, 2.45) is 5.92 Å². The van der Waals surface area contributed by atoms with Crippen LogP contribution in [0.15, 0.2) is 18.2 Å². The van der Waals surface area contributed by atoms with Crippen LogP contribution in [-0.4, -0.2) is 73.1 Å². The molecule has 2 unspecified atom stereocenters. The summed E-state index contributed by atoms with van der Waals surface area (Å²) in [6.45, 7) is 7.51. The Morgan fingerprint density at radius 1 is 1.04 bits per heavy atom. The van der Waals surface area contributed by atoms with E-state index in [-0.39, 0.29) is 24.5 Å². The number of ether oxygens (including phenoxy) is 1. The van der Waals surface area contributed by atoms with Gasteiger partial charge in [0.05, 0.1) is 6.10 Å². The fraction of sp³-hybridized carbons (Fsp3) is 0.619. The van der Waals surface area contributed by atoms with Crippen molar-refractivity contribution in [1.29, 1.82) is 0 Å². The Kier molecular flexibility index (Phi) is 5.19. The summed E-state index contributed by atoms with van der Waals surface area (Å²) in [7, 11) is 0. The first kappa shape index (κ1) is 18.4. The Bertz CT molecular complexity index is 707. The van der Waals surface area contributed by atoms with Gasteiger partial charge in [0.2, 0.25) is 5.91 Å². The van der Waals surface area contributed by atoms with E-state index in [9.17, 15) is 9.59 Å². The van der Waals surface area contributed by atoms with Crippen LogP contribution < -0.4 is 5.32 Å². The molecule has 6 heteroatoms. The molecule has 2 heterocycles. The number of hydrogen-bond acceptors (Lipinski definition) is 4. The average Bonchev–Trinajstić information content (AvgIpc) is 3.28. The van der Waals surface area contributed by atoms with Crippen LogP contribution in [0.2, 0.25) is 0 Å². The highest BCUT2D eigenvalue weighted by Gasteiger charge is 2.40. The van der Waals surface area contributed by atoms with Crippen molar-refractivity contribution >= 4 is 11.8 Å². The molecule has 0 spiro atoms. The second-order valence-electron chi connectivity index (χ2n) is 8.24. The minimum atomic E-state index is 0.0456. The van der Waals surface area contributed by atoms with Crippen LogP contribution in [0.3, 0.4) is 0 Å². The second-order valence-corrected chi connectivity index (χ2v) is 8.24. The Balaban J connectivity index is 1.25. The molecule has 1 aromatic carbocycles. The lowest BCUT2D eigenvalue weighted by molar-refractivity contribution is -0.140. The number of hydrogen-bond donors (Lipinski definition) is 1. The highest BCUT2D eigenvalue weighted by Crippen LogP contribution is 2.33. The summed E-state index contributed by atoms with van der Waals surface area (Å²) in [6.07, 6.45) is 2.43. The molecular weight excluding hydrogens is 342 g/mol. The molecular formula is C21H29N3O3. The zero-order valence-corrected chi connectivity index (χ0v) is 16.2. The van der Waals surface area contributed by atoms with E-state index < -0.39 is 0 Å². The minimum absolute atomic E-state index is 0.0456. The molecule has 4 rings (SSSR count). The van der Waals surface area contributed by atoms with E-state index in [0.29, 0.717) is 38.1 Å². The molecule has 3 aliphatic rings. The largest absolute Gasteiger partial charge is 0.368 e. The van der Waals surface area contributed by atoms with Crippen LogP contribution in [0.25, 0.3) is 0 Å². The van der Waals surface area contributed by atoms with Gasteiger partial charge in [-0.3, -0.25) is 9.59 Å². The number of nitrogens with zero attached hydrogens (tertiary/aromatic N) is 2. The van der Waals surface area contributed by atoms with Crippen LogP contribution in [0.1, 0.15) is 34.3 Å². The first-order chi connectivity index (χ1) is 13.0. The standard InChI is InChI=1S/C21H29N3O3/c1-14-7-15(2)9-16(8-14)21(26)24-5-3-23(4-6-24)20(25)13-27-19-11-18-10-17(19)12-22-18/h7-9,17-19,22H,3-6,10-13H2,1-2H3/t17-,18?,19?/m0/s1. The van der Waals surface area contributed by atoms with Gasteiger partial charge in [0.15, 0.2) is 0 Å². The fourth-order valence-electron chi connectivity index (χ4n) is 4.70. The number of fused-ring (bicyclic) bond motifs is 2. The maximum Gasteiger partial charge on any atom is 0.253 e. The van der Waals surface area contributed by atoms with E-state index in [1.54, 1.807) is 0 Å². The number of piperazine rings is 1. The molecule has 2 amide bonds. The molecule has 3 atom stereocenters. The highest BCUT2D eigenvalue weighted by molar-refractivity contribution is 5.94.